The number of nitrogens with one attached hydrogen (secondary N) is 1. The Labute approximate surface area is 194 Å². The first-order valence-electron chi connectivity index (χ1n) is 9.44. The van der Waals surface area contributed by atoms with Gasteiger partial charge in [-0.3, -0.25) is 4.79 Å². The van der Waals surface area contributed by atoms with Gasteiger partial charge in [-0.2, -0.15) is 5.10 Å². The zero-order chi connectivity index (χ0) is 22.1. The Bertz CT molecular complexity index is 1260. The number of benzene rings is 2. The molecule has 0 unspecified atom stereocenters. The lowest BCUT2D eigenvalue weighted by Crippen LogP contribution is -2.14. The van der Waals surface area contributed by atoms with Gasteiger partial charge in [0, 0.05) is 21.2 Å². The van der Waals surface area contributed by atoms with Crippen LogP contribution in [-0.2, 0) is 0 Å². The van der Waals surface area contributed by atoms with Crippen LogP contribution in [0.5, 0.6) is 5.75 Å². The number of anilines is 1. The van der Waals surface area contributed by atoms with E-state index in [0.717, 1.165) is 21.0 Å². The van der Waals surface area contributed by atoms with Crippen molar-refractivity contribution in [3.63, 3.8) is 0 Å². The van der Waals surface area contributed by atoms with E-state index >= 15 is 0 Å². The third kappa shape index (κ3) is 4.32. The molecule has 158 valence electrons. The molecule has 2 aromatic heterocycles. The number of carbonyl (C=O) groups is 1. The van der Waals surface area contributed by atoms with E-state index in [-0.39, 0.29) is 5.91 Å². The van der Waals surface area contributed by atoms with Crippen LogP contribution in [0.15, 0.2) is 54.6 Å². The number of aromatic nitrogens is 2. The molecule has 1 N–H and O–H groups in total. The van der Waals surface area contributed by atoms with Crippen LogP contribution < -0.4 is 10.1 Å². The molecule has 0 bridgehead atoms. The van der Waals surface area contributed by atoms with Crippen molar-refractivity contribution in [1.29, 1.82) is 0 Å². The largest absolute Gasteiger partial charge is 0.497 e. The average molecular weight is 472 g/mol. The van der Waals surface area contributed by atoms with Crippen molar-refractivity contribution in [2.75, 3.05) is 12.4 Å². The molecule has 31 heavy (non-hydrogen) atoms. The van der Waals surface area contributed by atoms with Crippen molar-refractivity contribution in [3.05, 3.63) is 80.8 Å². The van der Waals surface area contributed by atoms with Gasteiger partial charge < -0.3 is 10.1 Å². The lowest BCUT2D eigenvalue weighted by molar-refractivity contribution is 0.102. The molecular formula is C23H19Cl2N3O2S. The van der Waals surface area contributed by atoms with Crippen LogP contribution in [0.4, 0.5) is 5.69 Å². The summed E-state index contributed by atoms with van der Waals surface area (Å²) in [4.78, 5) is 15.3. The van der Waals surface area contributed by atoms with Crippen LogP contribution in [0.1, 0.15) is 20.9 Å². The number of nitrogens with zero attached hydrogens (tertiary/aromatic N) is 2. The molecule has 0 spiro atoms. The van der Waals surface area contributed by atoms with Crippen LogP contribution >= 0.6 is 34.5 Å². The molecule has 0 fully saturated rings. The molecular weight excluding hydrogens is 453 g/mol. The van der Waals surface area contributed by atoms with E-state index in [0.29, 0.717) is 32.9 Å². The highest BCUT2D eigenvalue weighted by Gasteiger charge is 2.24. The second-order valence-electron chi connectivity index (χ2n) is 6.92. The molecule has 0 radical (unpaired) electrons. The first kappa shape index (κ1) is 21.4. The van der Waals surface area contributed by atoms with Crippen LogP contribution in [0.25, 0.3) is 16.3 Å². The number of amides is 1. The van der Waals surface area contributed by atoms with Crippen LogP contribution in [0.3, 0.4) is 0 Å². The number of ether oxygens (including phenoxy) is 1. The summed E-state index contributed by atoms with van der Waals surface area (Å²) in [5.41, 5.74) is 3.21. The van der Waals surface area contributed by atoms with Gasteiger partial charge >= 0.3 is 0 Å². The number of thiophene rings is 1. The average Bonchev–Trinajstić information content (AvgIpc) is 3.31. The molecule has 0 saturated heterocycles. The first-order chi connectivity index (χ1) is 14.9. The third-order valence-corrected chi connectivity index (χ3v) is 6.34. The van der Waals surface area contributed by atoms with Gasteiger partial charge in [0.15, 0.2) is 5.69 Å². The molecule has 1 amide bonds. The zero-order valence-electron chi connectivity index (χ0n) is 17.1. The van der Waals surface area contributed by atoms with Gasteiger partial charge in [0.25, 0.3) is 5.91 Å². The summed E-state index contributed by atoms with van der Waals surface area (Å²) in [5.74, 6) is 0.409. The van der Waals surface area contributed by atoms with Gasteiger partial charge in [0.05, 0.1) is 28.4 Å². The molecule has 8 heteroatoms. The number of aryl methyl sites for hydroxylation is 1. The highest BCUT2D eigenvalue weighted by molar-refractivity contribution is 7.15. The van der Waals surface area contributed by atoms with Gasteiger partial charge in [0.2, 0.25) is 0 Å². The van der Waals surface area contributed by atoms with Crippen LogP contribution in [0, 0.1) is 13.8 Å². The molecule has 2 heterocycles. The third-order valence-electron chi connectivity index (χ3n) is 4.80. The number of methoxy groups -OCH3 is 1. The van der Waals surface area contributed by atoms with Crippen molar-refractivity contribution in [2.24, 2.45) is 0 Å². The van der Waals surface area contributed by atoms with E-state index < -0.39 is 0 Å². The fourth-order valence-corrected chi connectivity index (χ4v) is 4.70. The minimum atomic E-state index is -0.305. The molecule has 0 saturated carbocycles. The zero-order valence-corrected chi connectivity index (χ0v) is 19.4. The summed E-state index contributed by atoms with van der Waals surface area (Å²) in [6.45, 7) is 3.93. The Morgan fingerprint density at radius 2 is 1.81 bits per heavy atom. The smallest absolute Gasteiger partial charge is 0.276 e. The fraction of sp³-hybridized carbons (Fsp3) is 0.130. The Morgan fingerprint density at radius 1 is 1.06 bits per heavy atom. The van der Waals surface area contributed by atoms with Gasteiger partial charge in [0.1, 0.15) is 5.75 Å². The fourth-order valence-electron chi connectivity index (χ4n) is 3.25. The Hall–Kier alpha value is -2.80. The Kier molecular flexibility index (Phi) is 6.05. The molecule has 5 nitrogen and oxygen atoms in total. The van der Waals surface area contributed by atoms with Crippen LogP contribution in [0.2, 0.25) is 10.0 Å². The van der Waals surface area contributed by atoms with Gasteiger partial charge in [-0.15, -0.1) is 11.3 Å². The second kappa shape index (κ2) is 8.75. The maximum absolute atomic E-state index is 13.1. The summed E-state index contributed by atoms with van der Waals surface area (Å²) in [7, 11) is 1.60. The van der Waals surface area contributed by atoms with Gasteiger partial charge in [-0.05, 0) is 68.4 Å². The SMILES string of the molecule is COc1ccc(NC(=O)c2nn(-c3ccc(Cl)cc3Cl)c(-c3ccc(C)s3)c2C)cc1. The predicted octanol–water partition coefficient (Wildman–Crippen LogP) is 6.79. The molecule has 0 atom stereocenters. The maximum Gasteiger partial charge on any atom is 0.276 e. The number of hydrogen-bond donors (Lipinski definition) is 1. The van der Waals surface area contributed by atoms with E-state index in [4.69, 9.17) is 27.9 Å². The summed E-state index contributed by atoms with van der Waals surface area (Å²) in [6.07, 6.45) is 0. The monoisotopic (exact) mass is 471 g/mol. The number of rotatable bonds is 5. The van der Waals surface area contributed by atoms with Crippen molar-refractivity contribution in [2.45, 2.75) is 13.8 Å². The normalized spacial score (nSPS) is 10.9. The highest BCUT2D eigenvalue weighted by atomic mass is 35.5. The Morgan fingerprint density at radius 3 is 2.42 bits per heavy atom. The quantitative estimate of drug-likeness (QED) is 0.348. The van der Waals surface area contributed by atoms with E-state index in [9.17, 15) is 4.79 Å². The Balaban J connectivity index is 1.80. The lowest BCUT2D eigenvalue weighted by Gasteiger charge is -2.09. The molecule has 2 aromatic carbocycles. The van der Waals surface area contributed by atoms with E-state index in [1.54, 1.807) is 65.6 Å². The van der Waals surface area contributed by atoms with Crippen molar-refractivity contribution >= 4 is 46.1 Å². The number of carbonyl (C=O) groups excluding carboxylic acids is 1. The minimum Gasteiger partial charge on any atom is -0.497 e. The van der Waals surface area contributed by atoms with Gasteiger partial charge in [-0.25, -0.2) is 4.68 Å². The van der Waals surface area contributed by atoms with Crippen LogP contribution in [-0.4, -0.2) is 22.8 Å². The molecule has 0 aliphatic rings. The van der Waals surface area contributed by atoms with Gasteiger partial charge in [-0.1, -0.05) is 23.2 Å². The topological polar surface area (TPSA) is 56.1 Å². The van der Waals surface area contributed by atoms with E-state index in [1.165, 1.54) is 0 Å². The second-order valence-corrected chi connectivity index (χ2v) is 9.05. The maximum atomic E-state index is 13.1. The van der Waals surface area contributed by atoms with Crippen molar-refractivity contribution in [3.8, 4) is 22.0 Å². The summed E-state index contributed by atoms with van der Waals surface area (Å²) >= 11 is 14.2. The standard InChI is InChI=1S/C23H19Cl2N3O2S/c1-13-4-11-20(31-13)22-14(2)21(23(29)26-16-6-8-17(30-3)9-7-16)27-28(22)19-10-5-15(24)12-18(19)25/h4-12H,1-3H3,(H,26,29). The molecule has 0 aliphatic carbocycles. The summed E-state index contributed by atoms with van der Waals surface area (Å²) in [6, 6.07) is 16.4. The van der Waals surface area contributed by atoms with E-state index in [1.807, 2.05) is 26.0 Å². The summed E-state index contributed by atoms with van der Waals surface area (Å²) < 4.78 is 6.88. The molecule has 0 aliphatic heterocycles. The van der Waals surface area contributed by atoms with Crippen molar-refractivity contribution in [1.82, 2.24) is 9.78 Å². The van der Waals surface area contributed by atoms with E-state index in [2.05, 4.69) is 10.4 Å². The number of hydrogen-bond acceptors (Lipinski definition) is 4. The summed E-state index contributed by atoms with van der Waals surface area (Å²) in [5, 5.41) is 8.53. The number of halogens is 2. The predicted molar refractivity (Wildman–Crippen MR) is 127 cm³/mol. The first-order valence-corrected chi connectivity index (χ1v) is 11.0. The highest BCUT2D eigenvalue weighted by Crippen LogP contribution is 2.36. The molecule has 4 rings (SSSR count). The molecule has 4 aromatic rings. The lowest BCUT2D eigenvalue weighted by atomic mass is 10.1. The minimum absolute atomic E-state index is 0.305. The van der Waals surface area contributed by atoms with Crippen molar-refractivity contribution < 1.29 is 9.53 Å².